The number of nitrogens with two attached hydrogens (primary N) is 1. The summed E-state index contributed by atoms with van der Waals surface area (Å²) in [6, 6.07) is 3.37. The molecule has 1 aromatic rings. The molecule has 1 aliphatic rings. The van der Waals surface area contributed by atoms with Crippen LogP contribution in [-0.2, 0) is 16.0 Å². The van der Waals surface area contributed by atoms with Gasteiger partial charge in [-0.25, -0.2) is 8.78 Å². The first-order valence-electron chi connectivity index (χ1n) is 6.62. The molecule has 1 aromatic carbocycles. The summed E-state index contributed by atoms with van der Waals surface area (Å²) in [6.45, 7) is 2.21. The smallest absolute Gasteiger partial charge is 0.227 e. The van der Waals surface area contributed by atoms with E-state index in [0.717, 1.165) is 6.07 Å². The molecule has 0 bridgehead atoms. The minimum atomic E-state index is -0.641. The predicted molar refractivity (Wildman–Crippen MR) is 70.0 cm³/mol. The van der Waals surface area contributed by atoms with Crippen LogP contribution in [0.1, 0.15) is 5.56 Å². The van der Waals surface area contributed by atoms with Gasteiger partial charge in [0.1, 0.15) is 11.6 Å². The molecule has 4 nitrogen and oxygen atoms in total. The molecule has 0 aliphatic carbocycles. The van der Waals surface area contributed by atoms with Gasteiger partial charge < -0.3 is 15.4 Å². The van der Waals surface area contributed by atoms with Gasteiger partial charge in [-0.3, -0.25) is 4.79 Å². The Balaban J connectivity index is 2.05. The van der Waals surface area contributed by atoms with Crippen molar-refractivity contribution in [2.45, 2.75) is 6.42 Å². The van der Waals surface area contributed by atoms with Crippen LogP contribution in [0, 0.1) is 17.6 Å². The van der Waals surface area contributed by atoms with Crippen molar-refractivity contribution in [1.29, 1.82) is 0 Å². The number of carbonyl (C=O) groups excluding carboxylic acids is 1. The van der Waals surface area contributed by atoms with Crippen LogP contribution >= 0.6 is 0 Å². The Morgan fingerprint density at radius 2 is 2.05 bits per heavy atom. The Bertz CT molecular complexity index is 476. The molecular formula is C14H18F2N2O2. The molecule has 0 aromatic heterocycles. The molecule has 1 atom stereocenters. The first-order chi connectivity index (χ1) is 9.61. The van der Waals surface area contributed by atoms with Gasteiger partial charge in [0.05, 0.1) is 19.1 Å². The monoisotopic (exact) mass is 284 g/mol. The van der Waals surface area contributed by atoms with Crippen molar-refractivity contribution in [2.24, 2.45) is 11.7 Å². The van der Waals surface area contributed by atoms with Gasteiger partial charge in [-0.15, -0.1) is 0 Å². The zero-order valence-corrected chi connectivity index (χ0v) is 11.1. The fraction of sp³-hybridized carbons (Fsp3) is 0.500. The SMILES string of the molecule is NCC(Cc1ccc(F)cc1F)C(=O)N1CCOCC1. The summed E-state index contributed by atoms with van der Waals surface area (Å²) < 4.78 is 31.7. The van der Waals surface area contributed by atoms with E-state index < -0.39 is 17.6 Å². The van der Waals surface area contributed by atoms with Crippen LogP contribution in [0.3, 0.4) is 0 Å². The lowest BCUT2D eigenvalue weighted by Crippen LogP contribution is -2.46. The zero-order chi connectivity index (χ0) is 14.5. The Kier molecular flexibility index (Phi) is 5.03. The fourth-order valence-electron chi connectivity index (χ4n) is 2.27. The predicted octanol–water partition coefficient (Wildman–Crippen LogP) is 0.941. The molecule has 20 heavy (non-hydrogen) atoms. The third kappa shape index (κ3) is 3.52. The molecule has 1 unspecified atom stereocenters. The normalized spacial score (nSPS) is 17.1. The number of rotatable bonds is 4. The topological polar surface area (TPSA) is 55.6 Å². The van der Waals surface area contributed by atoms with Crippen molar-refractivity contribution >= 4 is 5.91 Å². The third-order valence-corrected chi connectivity index (χ3v) is 3.44. The fourth-order valence-corrected chi connectivity index (χ4v) is 2.27. The van der Waals surface area contributed by atoms with Crippen molar-refractivity contribution in [2.75, 3.05) is 32.8 Å². The summed E-state index contributed by atoms with van der Waals surface area (Å²) in [5, 5.41) is 0. The first kappa shape index (κ1) is 14.9. The number of carbonyl (C=O) groups is 1. The number of ether oxygens (including phenoxy) is 1. The second-order valence-corrected chi connectivity index (χ2v) is 4.81. The average Bonchev–Trinajstić information content (AvgIpc) is 2.47. The highest BCUT2D eigenvalue weighted by Gasteiger charge is 2.25. The molecular weight excluding hydrogens is 266 g/mol. The highest BCUT2D eigenvalue weighted by molar-refractivity contribution is 5.79. The molecule has 2 N–H and O–H groups in total. The summed E-state index contributed by atoms with van der Waals surface area (Å²) in [5.74, 6) is -1.86. The molecule has 0 radical (unpaired) electrons. The maximum atomic E-state index is 13.6. The Hall–Kier alpha value is -1.53. The van der Waals surface area contributed by atoms with E-state index in [9.17, 15) is 13.6 Å². The largest absolute Gasteiger partial charge is 0.378 e. The van der Waals surface area contributed by atoms with Crippen molar-refractivity contribution in [1.82, 2.24) is 4.90 Å². The number of nitrogens with zero attached hydrogens (tertiary/aromatic N) is 1. The highest BCUT2D eigenvalue weighted by Crippen LogP contribution is 2.16. The van der Waals surface area contributed by atoms with Gasteiger partial charge in [0.25, 0.3) is 0 Å². The van der Waals surface area contributed by atoms with Gasteiger partial charge in [0, 0.05) is 25.7 Å². The van der Waals surface area contributed by atoms with E-state index in [2.05, 4.69) is 0 Å². The number of hydrogen-bond acceptors (Lipinski definition) is 3. The second-order valence-electron chi connectivity index (χ2n) is 4.81. The summed E-state index contributed by atoms with van der Waals surface area (Å²) in [4.78, 5) is 14.0. The molecule has 1 heterocycles. The van der Waals surface area contributed by atoms with Gasteiger partial charge in [0.2, 0.25) is 5.91 Å². The van der Waals surface area contributed by atoms with Crippen LogP contribution in [0.25, 0.3) is 0 Å². The molecule has 0 spiro atoms. The quantitative estimate of drug-likeness (QED) is 0.895. The third-order valence-electron chi connectivity index (χ3n) is 3.44. The minimum absolute atomic E-state index is 0.0977. The zero-order valence-electron chi connectivity index (χ0n) is 11.1. The number of hydrogen-bond donors (Lipinski definition) is 1. The van der Waals surface area contributed by atoms with E-state index in [4.69, 9.17) is 10.5 Å². The van der Waals surface area contributed by atoms with Crippen molar-refractivity contribution in [3.8, 4) is 0 Å². The Morgan fingerprint density at radius 3 is 2.65 bits per heavy atom. The van der Waals surface area contributed by atoms with Gasteiger partial charge in [0.15, 0.2) is 0 Å². The molecule has 1 fully saturated rings. The van der Waals surface area contributed by atoms with E-state index in [1.807, 2.05) is 0 Å². The minimum Gasteiger partial charge on any atom is -0.378 e. The Morgan fingerprint density at radius 1 is 1.35 bits per heavy atom. The number of halogens is 2. The van der Waals surface area contributed by atoms with Crippen LogP contribution < -0.4 is 5.73 Å². The first-order valence-corrected chi connectivity index (χ1v) is 6.62. The number of morpholine rings is 1. The molecule has 1 amide bonds. The summed E-state index contributed by atoms with van der Waals surface area (Å²) in [6.07, 6.45) is 0.179. The average molecular weight is 284 g/mol. The van der Waals surface area contributed by atoms with E-state index in [-0.39, 0.29) is 18.9 Å². The van der Waals surface area contributed by atoms with E-state index >= 15 is 0 Å². The van der Waals surface area contributed by atoms with Gasteiger partial charge in [-0.1, -0.05) is 6.07 Å². The van der Waals surface area contributed by atoms with Crippen molar-refractivity contribution in [3.05, 3.63) is 35.4 Å². The van der Waals surface area contributed by atoms with E-state index in [1.165, 1.54) is 12.1 Å². The van der Waals surface area contributed by atoms with Crippen molar-refractivity contribution in [3.63, 3.8) is 0 Å². The van der Waals surface area contributed by atoms with Crippen molar-refractivity contribution < 1.29 is 18.3 Å². The van der Waals surface area contributed by atoms with Gasteiger partial charge in [-0.05, 0) is 18.1 Å². The van der Waals surface area contributed by atoms with Crippen LogP contribution in [0.15, 0.2) is 18.2 Å². The Labute approximate surface area is 116 Å². The van der Waals surface area contributed by atoms with Crippen LogP contribution in [-0.4, -0.2) is 43.7 Å². The van der Waals surface area contributed by atoms with E-state index in [0.29, 0.717) is 31.9 Å². The molecule has 0 saturated carbocycles. The lowest BCUT2D eigenvalue weighted by molar-refractivity contribution is -0.139. The lowest BCUT2D eigenvalue weighted by Gasteiger charge is -2.30. The van der Waals surface area contributed by atoms with Crippen LogP contribution in [0.4, 0.5) is 8.78 Å². The molecule has 6 heteroatoms. The number of benzene rings is 1. The van der Waals surface area contributed by atoms with E-state index in [1.54, 1.807) is 4.90 Å². The molecule has 1 saturated heterocycles. The molecule has 2 rings (SSSR count). The van der Waals surface area contributed by atoms with Gasteiger partial charge >= 0.3 is 0 Å². The van der Waals surface area contributed by atoms with Crippen LogP contribution in [0.2, 0.25) is 0 Å². The van der Waals surface area contributed by atoms with Crippen LogP contribution in [0.5, 0.6) is 0 Å². The van der Waals surface area contributed by atoms with Gasteiger partial charge in [-0.2, -0.15) is 0 Å². The number of amides is 1. The maximum Gasteiger partial charge on any atom is 0.227 e. The molecule has 110 valence electrons. The molecule has 1 aliphatic heterocycles. The summed E-state index contributed by atoms with van der Waals surface area (Å²) >= 11 is 0. The summed E-state index contributed by atoms with van der Waals surface area (Å²) in [7, 11) is 0. The maximum absolute atomic E-state index is 13.6. The lowest BCUT2D eigenvalue weighted by atomic mass is 9.97. The highest BCUT2D eigenvalue weighted by atomic mass is 19.1. The standard InChI is InChI=1S/C14H18F2N2O2/c15-12-2-1-10(13(16)8-12)7-11(9-17)14(19)18-3-5-20-6-4-18/h1-2,8,11H,3-7,9,17H2. The summed E-state index contributed by atoms with van der Waals surface area (Å²) in [5.41, 5.74) is 5.94. The second kappa shape index (κ2) is 6.76.